The highest BCUT2D eigenvalue weighted by Crippen LogP contribution is 2.21. The van der Waals surface area contributed by atoms with Gasteiger partial charge in [0.05, 0.1) is 0 Å². The molecule has 1 amide bonds. The van der Waals surface area contributed by atoms with Crippen LogP contribution in [0.1, 0.15) is 28.5 Å². The number of nitrogen functional groups attached to an aromatic ring is 1. The number of rotatable bonds is 3. The van der Waals surface area contributed by atoms with Gasteiger partial charge in [0.1, 0.15) is 5.82 Å². The van der Waals surface area contributed by atoms with Crippen LogP contribution in [0.15, 0.2) is 34.8 Å². The largest absolute Gasteiger partial charge is 0.384 e. The maximum absolute atomic E-state index is 12.3. The van der Waals surface area contributed by atoms with E-state index in [9.17, 15) is 4.79 Å². The topological polar surface area (TPSA) is 68.0 Å². The molecule has 0 fully saturated rings. The Kier molecular flexibility index (Phi) is 4.39. The molecule has 0 aliphatic heterocycles. The number of pyridine rings is 1. The van der Waals surface area contributed by atoms with E-state index in [0.717, 1.165) is 27.8 Å². The highest BCUT2D eigenvalue weighted by Gasteiger charge is 2.10. The summed E-state index contributed by atoms with van der Waals surface area (Å²) in [5.41, 5.74) is 8.83. The van der Waals surface area contributed by atoms with Crippen LogP contribution in [0.2, 0.25) is 0 Å². The molecule has 0 bridgehead atoms. The lowest BCUT2D eigenvalue weighted by Gasteiger charge is -2.10. The van der Waals surface area contributed by atoms with E-state index in [2.05, 4.69) is 26.2 Å². The fourth-order valence-electron chi connectivity index (χ4n) is 1.85. The molecule has 20 heavy (non-hydrogen) atoms. The maximum Gasteiger partial charge on any atom is 0.255 e. The number of anilines is 2. The lowest BCUT2D eigenvalue weighted by atomic mass is 10.1. The molecule has 1 heterocycles. The van der Waals surface area contributed by atoms with Gasteiger partial charge in [-0.05, 0) is 43.2 Å². The third-order valence-electron chi connectivity index (χ3n) is 2.97. The lowest BCUT2D eigenvalue weighted by Crippen LogP contribution is -2.14. The van der Waals surface area contributed by atoms with Crippen LogP contribution in [0.3, 0.4) is 0 Å². The number of nitrogens with two attached hydrogens (primary N) is 1. The van der Waals surface area contributed by atoms with Gasteiger partial charge in [-0.1, -0.05) is 28.9 Å². The summed E-state index contributed by atoms with van der Waals surface area (Å²) in [6.45, 7) is 3.92. The van der Waals surface area contributed by atoms with Crippen LogP contribution < -0.4 is 11.1 Å². The third-order valence-corrected chi connectivity index (χ3v) is 3.46. The van der Waals surface area contributed by atoms with Crippen molar-refractivity contribution in [3.05, 3.63) is 51.6 Å². The molecule has 0 spiro atoms. The van der Waals surface area contributed by atoms with Gasteiger partial charge in [0.15, 0.2) is 0 Å². The number of hydrogen-bond donors (Lipinski definition) is 2. The standard InChI is InChI=1S/C15H16BrN3O/c1-3-12-6-10(7-14(17)18-12)15(20)19-13-8-11(16)5-4-9(13)2/h4-8H,3H2,1-2H3,(H2,17,18)(H,19,20). The van der Waals surface area contributed by atoms with E-state index in [1.54, 1.807) is 12.1 Å². The van der Waals surface area contributed by atoms with Gasteiger partial charge >= 0.3 is 0 Å². The Hall–Kier alpha value is -1.88. The van der Waals surface area contributed by atoms with E-state index in [1.165, 1.54) is 0 Å². The van der Waals surface area contributed by atoms with E-state index >= 15 is 0 Å². The number of benzene rings is 1. The van der Waals surface area contributed by atoms with Crippen LogP contribution in [0.5, 0.6) is 0 Å². The van der Waals surface area contributed by atoms with Gasteiger partial charge in [-0.3, -0.25) is 4.79 Å². The zero-order valence-electron chi connectivity index (χ0n) is 11.4. The summed E-state index contributed by atoms with van der Waals surface area (Å²) in [7, 11) is 0. The van der Waals surface area contributed by atoms with Crippen LogP contribution in [0, 0.1) is 6.92 Å². The summed E-state index contributed by atoms with van der Waals surface area (Å²) >= 11 is 3.40. The van der Waals surface area contributed by atoms with Crippen molar-refractivity contribution >= 4 is 33.3 Å². The average Bonchev–Trinajstić information content (AvgIpc) is 2.42. The van der Waals surface area contributed by atoms with Gasteiger partial charge in [0.2, 0.25) is 0 Å². The van der Waals surface area contributed by atoms with Gasteiger partial charge in [-0.15, -0.1) is 0 Å². The second-order valence-electron chi connectivity index (χ2n) is 4.54. The molecule has 0 radical (unpaired) electrons. The fourth-order valence-corrected chi connectivity index (χ4v) is 2.21. The Balaban J connectivity index is 2.28. The first-order valence-corrected chi connectivity index (χ1v) is 7.13. The first kappa shape index (κ1) is 14.5. The van der Waals surface area contributed by atoms with Crippen LogP contribution in [0.25, 0.3) is 0 Å². The highest BCUT2D eigenvalue weighted by molar-refractivity contribution is 9.10. The van der Waals surface area contributed by atoms with Crippen LogP contribution in [-0.2, 0) is 6.42 Å². The molecule has 2 rings (SSSR count). The number of amides is 1. The van der Waals surface area contributed by atoms with Gasteiger partial charge < -0.3 is 11.1 Å². The summed E-state index contributed by atoms with van der Waals surface area (Å²) in [6, 6.07) is 9.10. The van der Waals surface area contributed by atoms with Crippen LogP contribution >= 0.6 is 15.9 Å². The predicted octanol–water partition coefficient (Wildman–Crippen LogP) is 3.55. The summed E-state index contributed by atoms with van der Waals surface area (Å²) in [6.07, 6.45) is 0.737. The van der Waals surface area contributed by atoms with Crippen molar-refractivity contribution in [1.29, 1.82) is 0 Å². The number of halogens is 1. The van der Waals surface area contributed by atoms with Crippen molar-refractivity contribution in [2.75, 3.05) is 11.1 Å². The summed E-state index contributed by atoms with van der Waals surface area (Å²) in [5.74, 6) is 0.176. The number of carbonyl (C=O) groups excluding carboxylic acids is 1. The minimum atomic E-state index is -0.185. The lowest BCUT2D eigenvalue weighted by molar-refractivity contribution is 0.102. The molecular formula is C15H16BrN3O. The number of hydrogen-bond acceptors (Lipinski definition) is 3. The van der Waals surface area contributed by atoms with Crippen molar-refractivity contribution in [3.8, 4) is 0 Å². The molecule has 4 nitrogen and oxygen atoms in total. The molecule has 5 heteroatoms. The molecular weight excluding hydrogens is 318 g/mol. The normalized spacial score (nSPS) is 10.3. The number of aromatic nitrogens is 1. The van der Waals surface area contributed by atoms with Crippen molar-refractivity contribution < 1.29 is 4.79 Å². The minimum Gasteiger partial charge on any atom is -0.384 e. The Morgan fingerprint density at radius 2 is 2.10 bits per heavy atom. The van der Waals surface area contributed by atoms with Crippen LogP contribution in [0.4, 0.5) is 11.5 Å². The Labute approximate surface area is 126 Å². The van der Waals surface area contributed by atoms with E-state index in [-0.39, 0.29) is 5.91 Å². The van der Waals surface area contributed by atoms with E-state index < -0.39 is 0 Å². The Morgan fingerprint density at radius 3 is 2.80 bits per heavy atom. The van der Waals surface area contributed by atoms with E-state index in [0.29, 0.717) is 11.4 Å². The van der Waals surface area contributed by atoms with Gasteiger partial charge in [-0.2, -0.15) is 0 Å². The molecule has 104 valence electrons. The molecule has 1 aromatic carbocycles. The summed E-state index contributed by atoms with van der Waals surface area (Å²) in [5, 5.41) is 2.89. The second kappa shape index (κ2) is 6.05. The first-order chi connectivity index (χ1) is 9.49. The van der Waals surface area contributed by atoms with Crippen LogP contribution in [-0.4, -0.2) is 10.9 Å². The molecule has 0 saturated carbocycles. The van der Waals surface area contributed by atoms with Crippen molar-refractivity contribution in [2.45, 2.75) is 20.3 Å². The Morgan fingerprint density at radius 1 is 1.35 bits per heavy atom. The molecule has 0 unspecified atom stereocenters. The molecule has 3 N–H and O–H groups in total. The monoisotopic (exact) mass is 333 g/mol. The molecule has 0 aliphatic carbocycles. The quantitative estimate of drug-likeness (QED) is 0.902. The van der Waals surface area contributed by atoms with Crippen molar-refractivity contribution in [1.82, 2.24) is 4.98 Å². The Bertz CT molecular complexity index is 656. The molecule has 0 aliphatic rings. The minimum absolute atomic E-state index is 0.185. The predicted molar refractivity (Wildman–Crippen MR) is 84.9 cm³/mol. The third kappa shape index (κ3) is 3.36. The number of nitrogens with one attached hydrogen (secondary N) is 1. The zero-order valence-corrected chi connectivity index (χ0v) is 13.0. The maximum atomic E-state index is 12.3. The highest BCUT2D eigenvalue weighted by atomic mass is 79.9. The SMILES string of the molecule is CCc1cc(C(=O)Nc2cc(Br)ccc2C)cc(N)n1. The average molecular weight is 334 g/mol. The van der Waals surface area contributed by atoms with Gasteiger partial charge in [0, 0.05) is 21.4 Å². The smallest absolute Gasteiger partial charge is 0.255 e. The molecule has 1 aromatic heterocycles. The number of aryl methyl sites for hydroxylation is 2. The van der Waals surface area contributed by atoms with Gasteiger partial charge in [0.25, 0.3) is 5.91 Å². The molecule has 2 aromatic rings. The van der Waals surface area contributed by atoms with E-state index in [1.807, 2.05) is 32.0 Å². The second-order valence-corrected chi connectivity index (χ2v) is 5.45. The zero-order chi connectivity index (χ0) is 14.7. The number of nitrogens with zero attached hydrogens (tertiary/aromatic N) is 1. The molecule has 0 saturated heterocycles. The first-order valence-electron chi connectivity index (χ1n) is 6.33. The van der Waals surface area contributed by atoms with Gasteiger partial charge in [-0.25, -0.2) is 4.98 Å². The van der Waals surface area contributed by atoms with E-state index in [4.69, 9.17) is 5.73 Å². The molecule has 0 atom stereocenters. The number of carbonyl (C=O) groups is 1. The van der Waals surface area contributed by atoms with Crippen molar-refractivity contribution in [2.24, 2.45) is 0 Å². The fraction of sp³-hybridized carbons (Fsp3) is 0.200. The van der Waals surface area contributed by atoms with Crippen molar-refractivity contribution in [3.63, 3.8) is 0 Å². The summed E-state index contributed by atoms with van der Waals surface area (Å²) in [4.78, 5) is 16.5. The summed E-state index contributed by atoms with van der Waals surface area (Å²) < 4.78 is 0.918.